The number of carbonyl (C=O) groups is 2. The number of nitrogens with zero attached hydrogens (tertiary/aromatic N) is 2. The smallest absolute Gasteiger partial charge is 0.253 e. The van der Waals surface area contributed by atoms with E-state index in [2.05, 4.69) is 10.3 Å². The molecule has 2 fully saturated rings. The summed E-state index contributed by atoms with van der Waals surface area (Å²) < 4.78 is 11.1. The van der Waals surface area contributed by atoms with Gasteiger partial charge in [-0.2, -0.15) is 0 Å². The van der Waals surface area contributed by atoms with Crippen molar-refractivity contribution in [2.24, 2.45) is 0 Å². The van der Waals surface area contributed by atoms with Crippen molar-refractivity contribution >= 4 is 11.8 Å². The number of likely N-dealkylation sites (tertiary alicyclic amines) is 1. The van der Waals surface area contributed by atoms with E-state index in [0.717, 1.165) is 12.8 Å². The normalized spacial score (nSPS) is 20.3. The van der Waals surface area contributed by atoms with E-state index in [9.17, 15) is 9.59 Å². The van der Waals surface area contributed by atoms with E-state index in [1.807, 2.05) is 25.7 Å². The van der Waals surface area contributed by atoms with Gasteiger partial charge in [-0.15, -0.1) is 0 Å². The lowest BCUT2D eigenvalue weighted by molar-refractivity contribution is -0.128. The highest BCUT2D eigenvalue weighted by Crippen LogP contribution is 2.30. The minimum atomic E-state index is -0.212. The number of aromatic nitrogens is 1. The van der Waals surface area contributed by atoms with Crippen LogP contribution in [0.25, 0.3) is 0 Å². The Kier molecular flexibility index (Phi) is 5.46. The Hall–Kier alpha value is -2.15. The second kappa shape index (κ2) is 7.61. The quantitative estimate of drug-likeness (QED) is 0.749. The molecule has 26 heavy (non-hydrogen) atoms. The fraction of sp³-hybridized carbons (Fsp3) is 0.632. The Morgan fingerprint density at radius 1 is 1.31 bits per heavy atom. The van der Waals surface area contributed by atoms with Gasteiger partial charge in [0.1, 0.15) is 6.61 Å². The third-order valence-electron chi connectivity index (χ3n) is 4.35. The minimum absolute atomic E-state index is 0.124. The van der Waals surface area contributed by atoms with Crippen molar-refractivity contribution in [1.82, 2.24) is 15.2 Å². The number of pyridine rings is 1. The van der Waals surface area contributed by atoms with Crippen LogP contribution in [0.4, 0.5) is 0 Å². The van der Waals surface area contributed by atoms with Crippen LogP contribution in [0.15, 0.2) is 18.3 Å². The van der Waals surface area contributed by atoms with E-state index in [-0.39, 0.29) is 23.5 Å². The number of carbonyl (C=O) groups excluding carboxylic acids is 2. The highest BCUT2D eigenvalue weighted by atomic mass is 16.5. The Labute approximate surface area is 154 Å². The summed E-state index contributed by atoms with van der Waals surface area (Å²) in [4.78, 5) is 30.3. The molecule has 0 radical (unpaired) electrons. The lowest BCUT2D eigenvalue weighted by Crippen LogP contribution is -2.37. The maximum absolute atomic E-state index is 12.3. The molecule has 2 amide bonds. The van der Waals surface area contributed by atoms with E-state index in [1.54, 1.807) is 12.1 Å². The van der Waals surface area contributed by atoms with Crippen LogP contribution < -0.4 is 10.1 Å². The van der Waals surface area contributed by atoms with Gasteiger partial charge in [0.15, 0.2) is 0 Å². The van der Waals surface area contributed by atoms with Crippen LogP contribution in [-0.2, 0) is 9.53 Å². The molecular formula is C19H27N3O4. The molecule has 3 rings (SSSR count). The zero-order valence-corrected chi connectivity index (χ0v) is 15.7. The summed E-state index contributed by atoms with van der Waals surface area (Å²) in [7, 11) is 0. The maximum atomic E-state index is 12.3. The molecule has 2 aliphatic rings. The molecule has 7 nitrogen and oxygen atoms in total. The van der Waals surface area contributed by atoms with E-state index < -0.39 is 0 Å². The molecule has 1 aromatic heterocycles. The molecule has 1 aromatic rings. The summed E-state index contributed by atoms with van der Waals surface area (Å²) in [6.07, 6.45) is 4.03. The molecule has 0 aromatic carbocycles. The van der Waals surface area contributed by atoms with Gasteiger partial charge in [-0.05, 0) is 39.7 Å². The Bertz CT molecular complexity index is 650. The topological polar surface area (TPSA) is 80.8 Å². The maximum Gasteiger partial charge on any atom is 0.253 e. The standard InChI is InChI=1S/C19H27N3O4/c1-19(2,3)26-9-8-25-16-7-4-13(11-20-16)18(24)21-14-10-17(23)22(12-14)15-5-6-15/h4,7,11,14-15H,5-6,8-10,12H2,1-3H3,(H,21,24). The van der Waals surface area contributed by atoms with Gasteiger partial charge in [0.25, 0.3) is 5.91 Å². The second-order valence-corrected chi connectivity index (χ2v) is 7.85. The Morgan fingerprint density at radius 2 is 2.08 bits per heavy atom. The van der Waals surface area contributed by atoms with Gasteiger partial charge in [-0.3, -0.25) is 9.59 Å². The van der Waals surface area contributed by atoms with Crippen molar-refractivity contribution in [2.45, 2.75) is 57.7 Å². The monoisotopic (exact) mass is 361 g/mol. The number of hydrogen-bond acceptors (Lipinski definition) is 5. The molecule has 1 unspecified atom stereocenters. The first kappa shape index (κ1) is 18.6. The molecule has 2 heterocycles. The van der Waals surface area contributed by atoms with Crippen molar-refractivity contribution in [3.8, 4) is 5.88 Å². The second-order valence-electron chi connectivity index (χ2n) is 7.85. The largest absolute Gasteiger partial charge is 0.475 e. The summed E-state index contributed by atoms with van der Waals surface area (Å²) in [5.41, 5.74) is 0.260. The van der Waals surface area contributed by atoms with Crippen LogP contribution in [0.3, 0.4) is 0 Å². The van der Waals surface area contributed by atoms with Gasteiger partial charge in [0, 0.05) is 31.3 Å². The molecule has 0 spiro atoms. The van der Waals surface area contributed by atoms with Gasteiger partial charge < -0.3 is 19.7 Å². The predicted octanol–water partition coefficient (Wildman–Crippen LogP) is 1.77. The number of nitrogens with one attached hydrogen (secondary N) is 1. The SMILES string of the molecule is CC(C)(C)OCCOc1ccc(C(=O)NC2CC(=O)N(C3CC3)C2)cn1. The summed E-state index contributed by atoms with van der Waals surface area (Å²) in [6.45, 7) is 7.44. The van der Waals surface area contributed by atoms with Crippen LogP contribution in [0.2, 0.25) is 0 Å². The predicted molar refractivity (Wildman–Crippen MR) is 96.0 cm³/mol. The van der Waals surface area contributed by atoms with Crippen LogP contribution in [0, 0.1) is 0 Å². The van der Waals surface area contributed by atoms with Crippen LogP contribution in [0.5, 0.6) is 5.88 Å². The lowest BCUT2D eigenvalue weighted by atomic mass is 10.2. The number of hydrogen-bond donors (Lipinski definition) is 1. The van der Waals surface area contributed by atoms with Gasteiger partial charge in [0.2, 0.25) is 11.8 Å². The summed E-state index contributed by atoms with van der Waals surface area (Å²) in [6, 6.07) is 3.62. The average molecular weight is 361 g/mol. The molecule has 1 atom stereocenters. The first-order valence-electron chi connectivity index (χ1n) is 9.15. The number of amides is 2. The Morgan fingerprint density at radius 3 is 2.69 bits per heavy atom. The third-order valence-corrected chi connectivity index (χ3v) is 4.35. The van der Waals surface area contributed by atoms with E-state index in [4.69, 9.17) is 9.47 Å². The first-order chi connectivity index (χ1) is 12.3. The highest BCUT2D eigenvalue weighted by molar-refractivity contribution is 5.94. The summed E-state index contributed by atoms with van der Waals surface area (Å²) in [5, 5.41) is 2.92. The molecule has 1 saturated carbocycles. The molecule has 7 heteroatoms. The molecule has 0 bridgehead atoms. The molecule has 1 saturated heterocycles. The van der Waals surface area contributed by atoms with E-state index in [1.165, 1.54) is 6.20 Å². The van der Waals surface area contributed by atoms with Crippen molar-refractivity contribution in [3.05, 3.63) is 23.9 Å². The zero-order chi connectivity index (χ0) is 18.7. The van der Waals surface area contributed by atoms with E-state index >= 15 is 0 Å². The van der Waals surface area contributed by atoms with Crippen LogP contribution in [0.1, 0.15) is 50.4 Å². The molecule has 1 aliphatic carbocycles. The van der Waals surface area contributed by atoms with Crippen LogP contribution >= 0.6 is 0 Å². The average Bonchev–Trinajstić information content (AvgIpc) is 3.35. The van der Waals surface area contributed by atoms with Gasteiger partial charge >= 0.3 is 0 Å². The fourth-order valence-corrected chi connectivity index (χ4v) is 2.93. The van der Waals surface area contributed by atoms with Gasteiger partial charge in [-0.25, -0.2) is 4.98 Å². The highest BCUT2D eigenvalue weighted by Gasteiger charge is 2.39. The Balaban J connectivity index is 1.44. The first-order valence-corrected chi connectivity index (χ1v) is 9.15. The minimum Gasteiger partial charge on any atom is -0.475 e. The number of ether oxygens (including phenoxy) is 2. The van der Waals surface area contributed by atoms with Crippen molar-refractivity contribution in [2.75, 3.05) is 19.8 Å². The van der Waals surface area contributed by atoms with E-state index in [0.29, 0.717) is 43.7 Å². The van der Waals surface area contributed by atoms with Gasteiger partial charge in [0.05, 0.1) is 23.8 Å². The van der Waals surface area contributed by atoms with Crippen molar-refractivity contribution in [3.63, 3.8) is 0 Å². The number of rotatable bonds is 7. The van der Waals surface area contributed by atoms with Crippen molar-refractivity contribution in [1.29, 1.82) is 0 Å². The van der Waals surface area contributed by atoms with Gasteiger partial charge in [-0.1, -0.05) is 0 Å². The summed E-state index contributed by atoms with van der Waals surface area (Å²) >= 11 is 0. The molecule has 142 valence electrons. The summed E-state index contributed by atoms with van der Waals surface area (Å²) in [5.74, 6) is 0.378. The lowest BCUT2D eigenvalue weighted by Gasteiger charge is -2.19. The molecular weight excluding hydrogens is 334 g/mol. The molecule has 1 aliphatic heterocycles. The fourth-order valence-electron chi connectivity index (χ4n) is 2.93. The van der Waals surface area contributed by atoms with Crippen LogP contribution in [-0.4, -0.2) is 59.1 Å². The zero-order valence-electron chi connectivity index (χ0n) is 15.7. The van der Waals surface area contributed by atoms with Crippen molar-refractivity contribution < 1.29 is 19.1 Å². The molecule has 1 N–H and O–H groups in total. The third kappa shape index (κ3) is 5.17.